The summed E-state index contributed by atoms with van der Waals surface area (Å²) in [6.45, 7) is 4.23. The monoisotopic (exact) mass is 276 g/mol. The van der Waals surface area contributed by atoms with Crippen LogP contribution in [0.3, 0.4) is 0 Å². The Morgan fingerprint density at radius 1 is 1.64 bits per heavy atom. The fourth-order valence-electron chi connectivity index (χ4n) is 3.47. The van der Waals surface area contributed by atoms with Crippen molar-refractivity contribution in [1.29, 1.82) is 0 Å². The minimum Gasteiger partial charge on any atom is -0.0989 e. The summed E-state index contributed by atoms with van der Waals surface area (Å²) in [4.78, 5) is 0.762. The molecule has 4 aliphatic carbocycles. The van der Waals surface area contributed by atoms with Crippen LogP contribution in [-0.2, 0) is 0 Å². The molecule has 0 nitrogen and oxygen atoms in total. The topological polar surface area (TPSA) is 0 Å². The molecule has 5 atom stereocenters. The molecule has 2 heteroatoms. The zero-order valence-corrected chi connectivity index (χ0v) is 9.36. The molecule has 4 rings (SSSR count). The van der Waals surface area contributed by atoms with Crippen LogP contribution < -0.4 is 0 Å². The Morgan fingerprint density at radius 2 is 2.36 bits per heavy atom. The first kappa shape index (κ1) is 7.14. The number of allylic oxidation sites excluding steroid dienone is 1. The number of halogens is 2. The Balaban J connectivity index is 2.11. The molecule has 0 aliphatic heterocycles. The molecule has 1 unspecified atom stereocenters. The van der Waals surface area contributed by atoms with Gasteiger partial charge in [-0.15, -0.1) is 0 Å². The molecule has 0 N–H and O–H groups in total. The second kappa shape index (κ2) is 1.79. The van der Waals surface area contributed by atoms with Gasteiger partial charge in [-0.3, -0.25) is 0 Å². The number of hydrogen-bond acceptors (Lipinski definition) is 0. The first-order valence-corrected chi connectivity index (χ1v) is 6.16. The predicted octanol–water partition coefficient (Wildman–Crippen LogP) is 2.97. The molecule has 0 radical (unpaired) electrons. The maximum absolute atomic E-state index is 4.23. The summed E-state index contributed by atoms with van der Waals surface area (Å²) in [7, 11) is 0. The highest BCUT2D eigenvalue weighted by molar-refractivity contribution is 9.09. The van der Waals surface area contributed by atoms with Crippen molar-refractivity contribution in [1.82, 2.24) is 0 Å². The van der Waals surface area contributed by atoms with Crippen LogP contribution in [0.15, 0.2) is 12.2 Å². The summed E-state index contributed by atoms with van der Waals surface area (Å²) in [5, 5.41) is 1.15. The van der Waals surface area contributed by atoms with Crippen LogP contribution in [0.25, 0.3) is 0 Å². The Morgan fingerprint density at radius 3 is 2.55 bits per heavy atom. The van der Waals surface area contributed by atoms with E-state index in [1.54, 1.807) is 0 Å². The van der Waals surface area contributed by atoms with E-state index < -0.39 is 0 Å². The van der Waals surface area contributed by atoms with Crippen molar-refractivity contribution in [2.24, 2.45) is 23.2 Å². The van der Waals surface area contributed by atoms with Crippen molar-refractivity contribution >= 4 is 31.9 Å². The highest BCUT2D eigenvalue weighted by atomic mass is 79.9. The SMILES string of the molecule is C=C1[C@H]2C[C@@H]3[C@@H](C2Br)[C@@]13CBr. The molecule has 0 saturated heterocycles. The van der Waals surface area contributed by atoms with Gasteiger partial charge in [0.15, 0.2) is 0 Å². The third-order valence-electron chi connectivity index (χ3n) is 4.08. The normalized spacial score (nSPS) is 64.0. The summed E-state index contributed by atoms with van der Waals surface area (Å²) in [5.74, 6) is 2.71. The first-order valence-electron chi connectivity index (χ1n) is 4.13. The van der Waals surface area contributed by atoms with Gasteiger partial charge in [-0.05, 0) is 24.2 Å². The molecular formula is C9H10Br2. The maximum Gasteiger partial charge on any atom is 0.0251 e. The highest BCUT2D eigenvalue weighted by Crippen LogP contribution is 2.82. The molecular weight excluding hydrogens is 268 g/mol. The molecule has 0 heterocycles. The fourth-order valence-corrected chi connectivity index (χ4v) is 6.00. The van der Waals surface area contributed by atoms with E-state index in [9.17, 15) is 0 Å². The third-order valence-corrected chi connectivity index (χ3v) is 6.22. The molecule has 0 aromatic rings. The van der Waals surface area contributed by atoms with Crippen molar-refractivity contribution in [2.45, 2.75) is 11.2 Å². The van der Waals surface area contributed by atoms with E-state index in [2.05, 4.69) is 38.4 Å². The number of alkyl halides is 2. The Kier molecular flexibility index (Phi) is 1.16. The summed E-state index contributed by atoms with van der Waals surface area (Å²) in [6.07, 6.45) is 1.41. The fraction of sp³-hybridized carbons (Fsp3) is 0.778. The van der Waals surface area contributed by atoms with Crippen molar-refractivity contribution in [2.75, 3.05) is 5.33 Å². The quantitative estimate of drug-likeness (QED) is 0.511. The minimum atomic E-state index is 0.541. The smallest absolute Gasteiger partial charge is 0.0251 e. The van der Waals surface area contributed by atoms with E-state index in [0.717, 1.165) is 27.9 Å². The van der Waals surface area contributed by atoms with Crippen molar-refractivity contribution < 1.29 is 0 Å². The van der Waals surface area contributed by atoms with Crippen LogP contribution in [0.5, 0.6) is 0 Å². The number of rotatable bonds is 1. The van der Waals surface area contributed by atoms with Crippen molar-refractivity contribution in [3.05, 3.63) is 12.2 Å². The third kappa shape index (κ3) is 0.514. The maximum atomic E-state index is 4.23. The summed E-state index contributed by atoms with van der Waals surface area (Å²) in [5.41, 5.74) is 2.07. The average molecular weight is 278 g/mol. The van der Waals surface area contributed by atoms with E-state index in [-0.39, 0.29) is 0 Å². The van der Waals surface area contributed by atoms with E-state index in [1.165, 1.54) is 12.0 Å². The van der Waals surface area contributed by atoms with E-state index >= 15 is 0 Å². The van der Waals surface area contributed by atoms with Gasteiger partial charge < -0.3 is 0 Å². The molecule has 4 fully saturated rings. The summed E-state index contributed by atoms with van der Waals surface area (Å²) in [6, 6.07) is 0. The molecule has 4 aliphatic rings. The van der Waals surface area contributed by atoms with Gasteiger partial charge in [-0.25, -0.2) is 0 Å². The zero-order valence-electron chi connectivity index (χ0n) is 6.19. The second-order valence-corrected chi connectivity index (χ2v) is 5.74. The van der Waals surface area contributed by atoms with Crippen LogP contribution in [0.2, 0.25) is 0 Å². The minimum absolute atomic E-state index is 0.541. The molecule has 0 aromatic carbocycles. The van der Waals surface area contributed by atoms with Gasteiger partial charge in [0.05, 0.1) is 0 Å². The van der Waals surface area contributed by atoms with Gasteiger partial charge in [0.1, 0.15) is 0 Å². The van der Waals surface area contributed by atoms with Gasteiger partial charge in [-0.1, -0.05) is 44.0 Å². The standard InChI is InChI=1S/C9H10Br2/c1-4-5-2-6-7(8(5)11)9(4,6)3-10/h5-8H,1-3H2/t5-,6-,7+,8?,9+/m1/s1. The first-order chi connectivity index (χ1) is 5.23. The molecule has 0 spiro atoms. The Bertz CT molecular complexity index is 248. The molecule has 4 saturated carbocycles. The average Bonchev–Trinajstić information content (AvgIpc) is 2.27. The summed E-state index contributed by atoms with van der Waals surface area (Å²) < 4.78 is 0. The second-order valence-electron chi connectivity index (χ2n) is 4.12. The van der Waals surface area contributed by atoms with Crippen LogP contribution in [0.4, 0.5) is 0 Å². The van der Waals surface area contributed by atoms with E-state index in [0.29, 0.717) is 5.41 Å². The van der Waals surface area contributed by atoms with Gasteiger partial charge >= 0.3 is 0 Å². The molecule has 4 bridgehead atoms. The van der Waals surface area contributed by atoms with Crippen molar-refractivity contribution in [3.63, 3.8) is 0 Å². The van der Waals surface area contributed by atoms with Crippen LogP contribution in [0.1, 0.15) is 6.42 Å². The van der Waals surface area contributed by atoms with E-state index in [1.807, 2.05) is 0 Å². The molecule has 0 amide bonds. The predicted molar refractivity (Wildman–Crippen MR) is 53.2 cm³/mol. The van der Waals surface area contributed by atoms with Crippen LogP contribution in [0, 0.1) is 23.2 Å². The highest BCUT2D eigenvalue weighted by Gasteiger charge is 2.79. The van der Waals surface area contributed by atoms with Gasteiger partial charge in [0, 0.05) is 15.6 Å². The zero-order chi connectivity index (χ0) is 7.80. The van der Waals surface area contributed by atoms with Gasteiger partial charge in [-0.2, -0.15) is 0 Å². The van der Waals surface area contributed by atoms with E-state index in [4.69, 9.17) is 0 Å². The van der Waals surface area contributed by atoms with Gasteiger partial charge in [0.2, 0.25) is 0 Å². The van der Waals surface area contributed by atoms with Crippen molar-refractivity contribution in [3.8, 4) is 0 Å². The molecule has 60 valence electrons. The van der Waals surface area contributed by atoms with Crippen LogP contribution >= 0.6 is 31.9 Å². The van der Waals surface area contributed by atoms with Crippen LogP contribution in [-0.4, -0.2) is 10.2 Å². The molecule has 0 aromatic heterocycles. The van der Waals surface area contributed by atoms with Gasteiger partial charge in [0.25, 0.3) is 0 Å². The Labute approximate surface area is 83.7 Å². The lowest BCUT2D eigenvalue weighted by Crippen LogP contribution is -2.03. The Hall–Kier alpha value is 0.700. The lowest BCUT2D eigenvalue weighted by Gasteiger charge is -2.08. The molecule has 11 heavy (non-hydrogen) atoms. The largest absolute Gasteiger partial charge is 0.0989 e. The number of hydrogen-bond donors (Lipinski definition) is 0. The summed E-state index contributed by atoms with van der Waals surface area (Å²) >= 11 is 7.41. The lowest BCUT2D eigenvalue weighted by molar-refractivity contribution is 0.634. The lowest BCUT2D eigenvalue weighted by atomic mass is 10.0.